The summed E-state index contributed by atoms with van der Waals surface area (Å²) in [6.07, 6.45) is 2.56. The van der Waals surface area contributed by atoms with E-state index in [1.54, 1.807) is 0 Å². The zero-order valence-electron chi connectivity index (χ0n) is 5.83. The van der Waals surface area contributed by atoms with E-state index >= 15 is 0 Å². The first kappa shape index (κ1) is 7.36. The van der Waals surface area contributed by atoms with E-state index in [0.29, 0.717) is 11.0 Å². The lowest BCUT2D eigenvalue weighted by molar-refractivity contribution is 0.624. The average molecular weight is 184 g/mol. The van der Waals surface area contributed by atoms with Crippen molar-refractivity contribution in [2.45, 2.75) is 0 Å². The van der Waals surface area contributed by atoms with Gasteiger partial charge in [0.2, 0.25) is 5.28 Å². The van der Waals surface area contributed by atoms with Crippen LogP contribution in [0.5, 0.6) is 0 Å². The Hall–Kier alpha value is -1.29. The Labute approximate surface area is 72.2 Å². The van der Waals surface area contributed by atoms with Gasteiger partial charge in [-0.2, -0.15) is 0 Å². The van der Waals surface area contributed by atoms with Crippen LogP contribution in [0.15, 0.2) is 18.5 Å². The molecule has 0 fully saturated rings. The molecule has 3 nitrogen and oxygen atoms in total. The highest BCUT2D eigenvalue weighted by molar-refractivity contribution is 6.28. The maximum absolute atomic E-state index is 12.6. The highest BCUT2D eigenvalue weighted by atomic mass is 35.5. The first-order chi connectivity index (χ1) is 5.75. The Morgan fingerprint density at radius 3 is 2.83 bits per heavy atom. The highest BCUT2D eigenvalue weighted by Gasteiger charge is 1.99. The van der Waals surface area contributed by atoms with E-state index in [1.807, 2.05) is 0 Å². The molecule has 0 amide bonds. The molecule has 0 aliphatic carbocycles. The van der Waals surface area contributed by atoms with Crippen LogP contribution in [0.1, 0.15) is 0 Å². The van der Waals surface area contributed by atoms with Crippen molar-refractivity contribution in [3.8, 4) is 0 Å². The lowest BCUT2D eigenvalue weighted by Crippen LogP contribution is -1.87. The fourth-order valence-electron chi connectivity index (χ4n) is 0.871. The van der Waals surface area contributed by atoms with Gasteiger partial charge in [0.15, 0.2) is 0 Å². The molecule has 0 unspecified atom stereocenters. The second kappa shape index (κ2) is 2.64. The third-order valence-corrected chi connectivity index (χ3v) is 1.55. The molecule has 12 heavy (non-hydrogen) atoms. The Morgan fingerprint density at radius 1 is 1.17 bits per heavy atom. The van der Waals surface area contributed by atoms with Crippen LogP contribution in [-0.2, 0) is 0 Å². The van der Waals surface area contributed by atoms with Gasteiger partial charge in [-0.15, -0.1) is 0 Å². The monoisotopic (exact) mass is 183 g/mol. The van der Waals surface area contributed by atoms with E-state index < -0.39 is 5.82 Å². The van der Waals surface area contributed by atoms with Crippen LogP contribution < -0.4 is 0 Å². The standard InChI is InChI=1S/C7H3ClFN3/c8-7-11-3-6-5(12-7)1-4(9)2-10-6/h1-3H. The smallest absolute Gasteiger partial charge is 0.223 e. The van der Waals surface area contributed by atoms with Gasteiger partial charge in [-0.05, 0) is 11.6 Å². The number of hydrogen-bond acceptors (Lipinski definition) is 3. The van der Waals surface area contributed by atoms with Crippen LogP contribution in [0.25, 0.3) is 11.0 Å². The van der Waals surface area contributed by atoms with E-state index in [9.17, 15) is 4.39 Å². The Kier molecular flexibility index (Phi) is 1.62. The molecule has 0 N–H and O–H groups in total. The second-order valence-corrected chi connectivity index (χ2v) is 2.53. The molecule has 0 atom stereocenters. The second-order valence-electron chi connectivity index (χ2n) is 2.20. The van der Waals surface area contributed by atoms with E-state index in [2.05, 4.69) is 15.0 Å². The molecule has 2 aromatic heterocycles. The largest absolute Gasteiger partial charge is 0.250 e. The Bertz CT molecular complexity index is 395. The fraction of sp³-hybridized carbons (Fsp3) is 0. The number of pyridine rings is 1. The van der Waals surface area contributed by atoms with E-state index in [0.717, 1.165) is 6.20 Å². The van der Waals surface area contributed by atoms with Crippen molar-refractivity contribution in [1.82, 2.24) is 15.0 Å². The lowest BCUT2D eigenvalue weighted by Gasteiger charge is -1.94. The molecule has 0 aliphatic heterocycles. The summed E-state index contributed by atoms with van der Waals surface area (Å²) in [5, 5.41) is 0.0925. The SMILES string of the molecule is Fc1cnc2cnc(Cl)nc2c1. The minimum atomic E-state index is -0.433. The van der Waals surface area contributed by atoms with Gasteiger partial charge in [-0.1, -0.05) is 0 Å². The van der Waals surface area contributed by atoms with E-state index in [4.69, 9.17) is 11.6 Å². The first-order valence-electron chi connectivity index (χ1n) is 3.19. The van der Waals surface area contributed by atoms with Gasteiger partial charge in [0.05, 0.1) is 17.9 Å². The summed E-state index contributed by atoms with van der Waals surface area (Å²) in [5.41, 5.74) is 0.941. The van der Waals surface area contributed by atoms with Crippen LogP contribution in [0.4, 0.5) is 4.39 Å². The Morgan fingerprint density at radius 2 is 2.00 bits per heavy atom. The van der Waals surface area contributed by atoms with Gasteiger partial charge in [0.1, 0.15) is 11.3 Å². The van der Waals surface area contributed by atoms with Crippen molar-refractivity contribution < 1.29 is 4.39 Å². The van der Waals surface area contributed by atoms with Gasteiger partial charge in [-0.25, -0.2) is 19.3 Å². The molecule has 2 heterocycles. The predicted octanol–water partition coefficient (Wildman–Crippen LogP) is 1.82. The summed E-state index contributed by atoms with van der Waals surface area (Å²) in [6, 6.07) is 1.26. The quantitative estimate of drug-likeness (QED) is 0.585. The normalized spacial score (nSPS) is 10.5. The third-order valence-electron chi connectivity index (χ3n) is 1.37. The summed E-state index contributed by atoms with van der Waals surface area (Å²) >= 11 is 5.50. The average Bonchev–Trinajstić information content (AvgIpc) is 2.03. The van der Waals surface area contributed by atoms with E-state index in [-0.39, 0.29) is 5.28 Å². The zero-order valence-corrected chi connectivity index (χ0v) is 6.59. The van der Waals surface area contributed by atoms with E-state index in [1.165, 1.54) is 12.3 Å². The minimum absolute atomic E-state index is 0.0925. The van der Waals surface area contributed by atoms with Gasteiger partial charge in [0, 0.05) is 6.07 Å². The van der Waals surface area contributed by atoms with Crippen LogP contribution in [0.3, 0.4) is 0 Å². The molecular weight excluding hydrogens is 181 g/mol. The maximum atomic E-state index is 12.6. The van der Waals surface area contributed by atoms with Crippen molar-refractivity contribution in [3.63, 3.8) is 0 Å². The summed E-state index contributed by atoms with van der Waals surface area (Å²) in [6.45, 7) is 0. The lowest BCUT2D eigenvalue weighted by atomic mass is 10.4. The molecule has 0 radical (unpaired) electrons. The molecule has 0 bridgehead atoms. The van der Waals surface area contributed by atoms with Crippen molar-refractivity contribution in [2.24, 2.45) is 0 Å². The van der Waals surface area contributed by atoms with Gasteiger partial charge < -0.3 is 0 Å². The summed E-state index contributed by atoms with van der Waals surface area (Å²) < 4.78 is 12.6. The molecule has 5 heteroatoms. The molecule has 60 valence electrons. The third kappa shape index (κ3) is 1.21. The number of nitrogens with zero attached hydrogens (tertiary/aromatic N) is 3. The van der Waals surface area contributed by atoms with Crippen molar-refractivity contribution in [1.29, 1.82) is 0 Å². The zero-order chi connectivity index (χ0) is 8.55. The van der Waals surface area contributed by atoms with Crippen molar-refractivity contribution in [2.75, 3.05) is 0 Å². The van der Waals surface area contributed by atoms with Gasteiger partial charge >= 0.3 is 0 Å². The molecule has 0 saturated heterocycles. The van der Waals surface area contributed by atoms with Crippen molar-refractivity contribution in [3.05, 3.63) is 29.6 Å². The first-order valence-corrected chi connectivity index (χ1v) is 3.57. The molecule has 0 saturated carbocycles. The summed E-state index contributed by atoms with van der Waals surface area (Å²) in [7, 11) is 0. The summed E-state index contributed by atoms with van der Waals surface area (Å²) in [4.78, 5) is 11.3. The molecule has 2 rings (SSSR count). The van der Waals surface area contributed by atoms with Gasteiger partial charge in [0.25, 0.3) is 0 Å². The number of aromatic nitrogens is 3. The summed E-state index contributed by atoms with van der Waals surface area (Å²) in [5.74, 6) is -0.433. The molecular formula is C7H3ClFN3. The number of fused-ring (bicyclic) bond motifs is 1. The number of hydrogen-bond donors (Lipinski definition) is 0. The van der Waals surface area contributed by atoms with Crippen LogP contribution >= 0.6 is 11.6 Å². The molecule has 2 aromatic rings. The van der Waals surface area contributed by atoms with Crippen LogP contribution in [0, 0.1) is 5.82 Å². The van der Waals surface area contributed by atoms with Crippen LogP contribution in [0.2, 0.25) is 5.28 Å². The Balaban J connectivity index is 2.80. The molecule has 0 aromatic carbocycles. The fourth-order valence-corrected chi connectivity index (χ4v) is 1.01. The molecule has 0 aliphatic rings. The maximum Gasteiger partial charge on any atom is 0.223 e. The highest BCUT2D eigenvalue weighted by Crippen LogP contribution is 2.10. The van der Waals surface area contributed by atoms with Crippen LogP contribution in [-0.4, -0.2) is 15.0 Å². The molecule has 0 spiro atoms. The van der Waals surface area contributed by atoms with Gasteiger partial charge in [-0.3, -0.25) is 0 Å². The topological polar surface area (TPSA) is 38.7 Å². The van der Waals surface area contributed by atoms with Crippen molar-refractivity contribution >= 4 is 22.6 Å². The predicted molar refractivity (Wildman–Crippen MR) is 42.3 cm³/mol. The number of rotatable bonds is 0. The minimum Gasteiger partial charge on any atom is -0.250 e. The number of halogens is 2.